The Kier molecular flexibility index (Phi) is 4.29. The lowest BCUT2D eigenvalue weighted by atomic mass is 10.1. The minimum atomic E-state index is -0.913. The Morgan fingerprint density at radius 2 is 1.30 bits per heavy atom. The van der Waals surface area contributed by atoms with Crippen LogP contribution in [-0.4, -0.2) is 17.2 Å². The summed E-state index contributed by atoms with van der Waals surface area (Å²) in [5, 5.41) is 21.0. The molecule has 4 aromatic rings. The second-order valence-electron chi connectivity index (χ2n) is 6.82. The molecule has 2 aliphatic heterocycles. The fourth-order valence-electron chi connectivity index (χ4n) is 3.73. The number of carbonyl (C=O) groups excluding carboxylic acids is 1. The summed E-state index contributed by atoms with van der Waals surface area (Å²) >= 11 is 6.62. The van der Waals surface area contributed by atoms with Crippen molar-refractivity contribution in [3.63, 3.8) is 0 Å². The van der Waals surface area contributed by atoms with Gasteiger partial charge < -0.3 is 15.7 Å². The number of aliphatic hydroxyl groups is 1. The summed E-state index contributed by atoms with van der Waals surface area (Å²) in [5.41, 5.74) is 2.59. The van der Waals surface area contributed by atoms with Gasteiger partial charge in [-0.1, -0.05) is 12.1 Å². The minimum absolute atomic E-state index is 0.170. The van der Waals surface area contributed by atoms with Gasteiger partial charge in [-0.2, -0.15) is 0 Å². The summed E-state index contributed by atoms with van der Waals surface area (Å²) in [4.78, 5) is 19.5. The van der Waals surface area contributed by atoms with Crippen LogP contribution in [0.5, 0.6) is 0 Å². The number of hydrogen-bond donors (Lipinski definition) is 3. The number of nitrogens with one attached hydrogen (secondary N) is 2. The zero-order valence-corrected chi connectivity index (χ0v) is 18.6. The van der Waals surface area contributed by atoms with Gasteiger partial charge in [-0.25, -0.2) is 0 Å². The molecule has 4 aromatic heterocycles. The summed E-state index contributed by atoms with van der Waals surface area (Å²) in [6.07, 6.45) is -0.913. The fraction of sp³-hybridized carbons (Fsp3) is 0.0455. The van der Waals surface area contributed by atoms with Crippen LogP contribution in [0.3, 0.4) is 0 Å². The number of aliphatic hydroxyl groups excluding tert-OH is 1. The third-order valence-corrected chi connectivity index (χ3v) is 9.38. The molecule has 0 saturated carbocycles. The van der Waals surface area contributed by atoms with Crippen molar-refractivity contribution in [1.82, 2.24) is 10.6 Å². The van der Waals surface area contributed by atoms with E-state index in [2.05, 4.69) is 45.7 Å². The molecule has 1 amide bonds. The molecule has 1 atom stereocenters. The highest BCUT2D eigenvalue weighted by Gasteiger charge is 2.41. The molecule has 0 radical (unpaired) electrons. The van der Waals surface area contributed by atoms with Crippen molar-refractivity contribution >= 4 is 62.6 Å². The molecule has 3 N–H and O–H groups in total. The molecule has 6 heterocycles. The average Bonchev–Trinajstić information content (AvgIpc) is 3.54. The summed E-state index contributed by atoms with van der Waals surface area (Å²) in [6.45, 7) is 0. The van der Waals surface area contributed by atoms with E-state index in [4.69, 9.17) is 0 Å². The van der Waals surface area contributed by atoms with Gasteiger partial charge in [0.1, 0.15) is 0 Å². The van der Waals surface area contributed by atoms with Gasteiger partial charge in [-0.15, -0.1) is 45.3 Å². The normalized spacial score (nSPS) is 18.2. The fourth-order valence-corrected chi connectivity index (χ4v) is 7.44. The van der Waals surface area contributed by atoms with E-state index >= 15 is 0 Å². The van der Waals surface area contributed by atoms with E-state index in [1.807, 2.05) is 24.3 Å². The molecule has 0 saturated heterocycles. The largest absolute Gasteiger partial charge is 0.369 e. The molecule has 0 bridgehead atoms. The number of carbonyl (C=O) groups is 1. The summed E-state index contributed by atoms with van der Waals surface area (Å²) in [6, 6.07) is 16.4. The first-order valence-electron chi connectivity index (χ1n) is 9.22. The molecule has 4 nitrogen and oxygen atoms in total. The van der Waals surface area contributed by atoms with Crippen molar-refractivity contribution in [2.24, 2.45) is 0 Å². The maximum absolute atomic E-state index is 12.9. The molecule has 2 aliphatic rings. The molecule has 0 spiro atoms. The Morgan fingerprint density at radius 3 is 1.87 bits per heavy atom. The molecule has 0 fully saturated rings. The number of hydrogen-bond acceptors (Lipinski definition) is 7. The van der Waals surface area contributed by atoms with E-state index in [1.165, 1.54) is 9.75 Å². The lowest BCUT2D eigenvalue weighted by molar-refractivity contribution is -0.115. The second-order valence-corrected chi connectivity index (χ2v) is 10.9. The number of rotatable bonds is 4. The molecule has 1 unspecified atom stereocenters. The molecule has 30 heavy (non-hydrogen) atoms. The number of fused-ring (bicyclic) bond motifs is 1. The Hall–Kier alpha value is -2.49. The predicted octanol–water partition coefficient (Wildman–Crippen LogP) is 5.44. The van der Waals surface area contributed by atoms with Crippen LogP contribution in [-0.2, 0) is 4.79 Å². The van der Waals surface area contributed by atoms with Crippen LogP contribution in [0.2, 0.25) is 0 Å². The van der Waals surface area contributed by atoms with Crippen molar-refractivity contribution in [1.29, 1.82) is 0 Å². The van der Waals surface area contributed by atoms with Crippen molar-refractivity contribution in [2.75, 3.05) is 0 Å². The van der Waals surface area contributed by atoms with Gasteiger partial charge in [-0.3, -0.25) is 4.79 Å². The first kappa shape index (κ1) is 18.3. The molecule has 6 rings (SSSR count). The molecule has 148 valence electrons. The minimum Gasteiger partial charge on any atom is -0.369 e. The van der Waals surface area contributed by atoms with E-state index < -0.39 is 6.23 Å². The highest BCUT2D eigenvalue weighted by molar-refractivity contribution is 7.22. The van der Waals surface area contributed by atoms with Gasteiger partial charge in [0.05, 0.1) is 26.7 Å². The third-order valence-electron chi connectivity index (χ3n) is 5.04. The van der Waals surface area contributed by atoms with E-state index in [0.717, 1.165) is 19.5 Å². The standard InChI is InChI=1S/C22H14N2O2S4/c25-21-17-18(20(24-21)16-8-6-14(30-16)12-4-2-10-28-12)22(26)23-19(17)15-7-5-13(29-15)11-3-1-9-27-11/h1-10,21,24-25H,(H,23,26). The van der Waals surface area contributed by atoms with Crippen LogP contribution < -0.4 is 10.6 Å². The Bertz CT molecular complexity index is 1320. The van der Waals surface area contributed by atoms with E-state index in [0.29, 0.717) is 22.5 Å². The van der Waals surface area contributed by atoms with Crippen molar-refractivity contribution < 1.29 is 9.90 Å². The molecule has 0 aromatic carbocycles. The number of amides is 1. The highest BCUT2D eigenvalue weighted by atomic mass is 32.1. The van der Waals surface area contributed by atoms with E-state index in [1.54, 1.807) is 45.3 Å². The lowest BCUT2D eigenvalue weighted by Crippen LogP contribution is -2.24. The molecule has 0 aliphatic carbocycles. The second kappa shape index (κ2) is 7.04. The SMILES string of the molecule is O=C1NC(c2ccc(-c3cccs3)s2)=C2C1=C(c1ccc(-c3cccs3)s1)NC2O. The molecular weight excluding hydrogens is 453 g/mol. The topological polar surface area (TPSA) is 61.4 Å². The summed E-state index contributed by atoms with van der Waals surface area (Å²) < 4.78 is 0. The van der Waals surface area contributed by atoms with Crippen LogP contribution in [0.15, 0.2) is 70.4 Å². The highest BCUT2D eigenvalue weighted by Crippen LogP contribution is 2.44. The number of thiophene rings is 4. The van der Waals surface area contributed by atoms with Gasteiger partial charge >= 0.3 is 0 Å². The Labute approximate surface area is 188 Å². The third kappa shape index (κ3) is 2.84. The van der Waals surface area contributed by atoms with Crippen LogP contribution in [0, 0.1) is 0 Å². The van der Waals surface area contributed by atoms with Crippen molar-refractivity contribution in [2.45, 2.75) is 6.23 Å². The first-order chi connectivity index (χ1) is 14.7. The van der Waals surface area contributed by atoms with Gasteiger partial charge in [0.25, 0.3) is 5.91 Å². The van der Waals surface area contributed by atoms with Gasteiger partial charge in [-0.05, 0) is 47.2 Å². The average molecular weight is 467 g/mol. The Morgan fingerprint density at radius 1 is 0.733 bits per heavy atom. The molecular formula is C22H14N2O2S4. The maximum atomic E-state index is 12.9. The van der Waals surface area contributed by atoms with Crippen LogP contribution >= 0.6 is 45.3 Å². The molecule has 8 heteroatoms. The van der Waals surface area contributed by atoms with Crippen LogP contribution in [0.1, 0.15) is 9.75 Å². The summed E-state index contributed by atoms with van der Waals surface area (Å²) in [7, 11) is 0. The van der Waals surface area contributed by atoms with Gasteiger partial charge in [0.15, 0.2) is 6.23 Å². The summed E-state index contributed by atoms with van der Waals surface area (Å²) in [5.74, 6) is -0.170. The van der Waals surface area contributed by atoms with E-state index in [-0.39, 0.29) is 5.91 Å². The zero-order chi connectivity index (χ0) is 20.2. The Balaban J connectivity index is 1.43. The van der Waals surface area contributed by atoms with Crippen LogP contribution in [0.4, 0.5) is 0 Å². The zero-order valence-electron chi connectivity index (χ0n) is 15.3. The quantitative estimate of drug-likeness (QED) is 0.375. The predicted molar refractivity (Wildman–Crippen MR) is 126 cm³/mol. The van der Waals surface area contributed by atoms with Crippen LogP contribution in [0.25, 0.3) is 30.9 Å². The first-order valence-corrected chi connectivity index (χ1v) is 12.6. The monoisotopic (exact) mass is 466 g/mol. The maximum Gasteiger partial charge on any atom is 0.258 e. The van der Waals surface area contributed by atoms with Gasteiger partial charge in [0, 0.05) is 25.1 Å². The van der Waals surface area contributed by atoms with Gasteiger partial charge in [0.2, 0.25) is 0 Å². The van der Waals surface area contributed by atoms with Crippen molar-refractivity contribution in [3.8, 4) is 19.5 Å². The van der Waals surface area contributed by atoms with E-state index in [9.17, 15) is 9.90 Å². The van der Waals surface area contributed by atoms with Crippen molar-refractivity contribution in [3.05, 3.63) is 80.2 Å². The smallest absolute Gasteiger partial charge is 0.258 e. The lowest BCUT2D eigenvalue weighted by Gasteiger charge is -2.10.